The summed E-state index contributed by atoms with van der Waals surface area (Å²) in [4.78, 5) is 30.7. The van der Waals surface area contributed by atoms with Gasteiger partial charge in [-0.05, 0) is 12.1 Å². The van der Waals surface area contributed by atoms with Gasteiger partial charge < -0.3 is 20.5 Å². The zero-order valence-corrected chi connectivity index (χ0v) is 13.4. The molecule has 1 aromatic heterocycles. The Kier molecular flexibility index (Phi) is 4.76. The van der Waals surface area contributed by atoms with Crippen LogP contribution < -0.4 is 20.5 Å². The van der Waals surface area contributed by atoms with Crippen LogP contribution >= 0.6 is 15.9 Å². The summed E-state index contributed by atoms with van der Waals surface area (Å²) in [6.45, 7) is 0.0713. The molecule has 0 bridgehead atoms. The zero-order chi connectivity index (χ0) is 16.3. The Morgan fingerprint density at radius 3 is 2.45 bits per heavy atom. The highest BCUT2D eigenvalue weighted by Crippen LogP contribution is 2.29. The number of nitrogens with two attached hydrogens (primary N) is 1. The van der Waals surface area contributed by atoms with Crippen LogP contribution in [0.5, 0.6) is 11.8 Å². The van der Waals surface area contributed by atoms with Crippen molar-refractivity contribution < 1.29 is 19.1 Å². The lowest BCUT2D eigenvalue weighted by Crippen LogP contribution is -2.35. The van der Waals surface area contributed by atoms with Crippen molar-refractivity contribution in [2.75, 3.05) is 14.2 Å². The molecule has 0 fully saturated rings. The molecule has 2 amide bonds. The number of halogens is 1. The van der Waals surface area contributed by atoms with Gasteiger partial charge in [0.05, 0.1) is 25.3 Å². The fourth-order valence-electron chi connectivity index (χ4n) is 1.82. The van der Waals surface area contributed by atoms with E-state index in [4.69, 9.17) is 15.2 Å². The normalized spacial score (nSPS) is 10.3. The summed E-state index contributed by atoms with van der Waals surface area (Å²) in [5.74, 6) is -1.45. The largest absolute Gasteiger partial charge is 0.477 e. The maximum atomic E-state index is 11.3. The van der Waals surface area contributed by atoms with Gasteiger partial charge in [-0.25, -0.2) is 9.97 Å². The molecule has 0 saturated carbocycles. The highest BCUT2D eigenvalue weighted by molar-refractivity contribution is 9.10. The van der Waals surface area contributed by atoms with E-state index < -0.39 is 11.8 Å². The minimum Gasteiger partial charge on any atom is -0.477 e. The molecule has 0 unspecified atom stereocenters. The third-order valence-electron chi connectivity index (χ3n) is 2.80. The number of benzene rings is 1. The minimum atomic E-state index is -1.05. The van der Waals surface area contributed by atoms with Crippen molar-refractivity contribution in [3.05, 3.63) is 22.2 Å². The van der Waals surface area contributed by atoms with Crippen LogP contribution in [0.2, 0.25) is 0 Å². The zero-order valence-electron chi connectivity index (χ0n) is 11.8. The van der Waals surface area contributed by atoms with Gasteiger partial charge in [-0.15, -0.1) is 0 Å². The lowest BCUT2D eigenvalue weighted by molar-refractivity contribution is -0.137. The standard InChI is InChI=1S/C13H13BrN4O4/c1-21-12-13(22-2)18-9-6(5-16-11(20)10(15)19)3-7(14)4-8(9)17-12/h3-4H,5H2,1-2H3,(H2,15,19)(H,16,20). The van der Waals surface area contributed by atoms with Crippen molar-refractivity contribution in [2.45, 2.75) is 6.54 Å². The van der Waals surface area contributed by atoms with Crippen LogP contribution in [0.3, 0.4) is 0 Å². The second kappa shape index (κ2) is 6.56. The first-order valence-corrected chi connectivity index (χ1v) is 6.91. The Morgan fingerprint density at radius 1 is 1.23 bits per heavy atom. The number of hydrogen-bond acceptors (Lipinski definition) is 6. The summed E-state index contributed by atoms with van der Waals surface area (Å²) in [5, 5.41) is 2.41. The van der Waals surface area contributed by atoms with Crippen molar-refractivity contribution >= 4 is 38.8 Å². The summed E-state index contributed by atoms with van der Waals surface area (Å²) in [6.07, 6.45) is 0. The van der Waals surface area contributed by atoms with E-state index in [1.54, 1.807) is 12.1 Å². The van der Waals surface area contributed by atoms with E-state index in [9.17, 15) is 9.59 Å². The molecule has 9 heteroatoms. The number of aromatic nitrogens is 2. The quantitative estimate of drug-likeness (QED) is 0.759. The van der Waals surface area contributed by atoms with E-state index in [1.807, 2.05) is 0 Å². The molecule has 0 atom stereocenters. The molecule has 0 spiro atoms. The molecule has 1 heterocycles. The Hall–Kier alpha value is -2.42. The number of rotatable bonds is 4. The maximum absolute atomic E-state index is 11.3. The van der Waals surface area contributed by atoms with Crippen molar-refractivity contribution in [3.8, 4) is 11.8 Å². The van der Waals surface area contributed by atoms with Gasteiger partial charge in [-0.1, -0.05) is 15.9 Å². The number of methoxy groups -OCH3 is 2. The van der Waals surface area contributed by atoms with E-state index in [-0.39, 0.29) is 18.3 Å². The minimum absolute atomic E-state index is 0.0713. The van der Waals surface area contributed by atoms with E-state index in [0.29, 0.717) is 16.6 Å². The monoisotopic (exact) mass is 368 g/mol. The molecule has 0 radical (unpaired) electrons. The van der Waals surface area contributed by atoms with Gasteiger partial charge in [-0.2, -0.15) is 0 Å². The second-order valence-corrected chi connectivity index (χ2v) is 5.14. The van der Waals surface area contributed by atoms with Crippen LogP contribution in [0.25, 0.3) is 11.0 Å². The van der Waals surface area contributed by atoms with Gasteiger partial charge in [0.1, 0.15) is 0 Å². The average Bonchev–Trinajstić information content (AvgIpc) is 2.50. The summed E-state index contributed by atoms with van der Waals surface area (Å²) in [7, 11) is 2.91. The Bertz CT molecular complexity index is 750. The van der Waals surface area contributed by atoms with Gasteiger partial charge in [0.15, 0.2) is 0 Å². The van der Waals surface area contributed by atoms with Gasteiger partial charge in [0, 0.05) is 16.6 Å². The summed E-state index contributed by atoms with van der Waals surface area (Å²) in [6, 6.07) is 3.51. The highest BCUT2D eigenvalue weighted by atomic mass is 79.9. The van der Waals surface area contributed by atoms with Crippen molar-refractivity contribution in [3.63, 3.8) is 0 Å². The molecule has 116 valence electrons. The van der Waals surface area contributed by atoms with Gasteiger partial charge in [0.2, 0.25) is 0 Å². The number of primary amides is 1. The molecule has 3 N–H and O–H groups in total. The Balaban J connectivity index is 2.48. The Labute approximate surface area is 134 Å². The number of amides is 2. The molecule has 22 heavy (non-hydrogen) atoms. The SMILES string of the molecule is COc1nc2cc(Br)cc(CNC(=O)C(N)=O)c2nc1OC. The maximum Gasteiger partial charge on any atom is 0.309 e. The molecular weight excluding hydrogens is 356 g/mol. The number of carbonyl (C=O) groups is 2. The molecule has 0 aliphatic rings. The van der Waals surface area contributed by atoms with Crippen molar-refractivity contribution in [1.29, 1.82) is 0 Å². The number of hydrogen-bond donors (Lipinski definition) is 2. The summed E-state index contributed by atoms with van der Waals surface area (Å²) >= 11 is 3.36. The summed E-state index contributed by atoms with van der Waals surface area (Å²) in [5.41, 5.74) is 6.62. The highest BCUT2D eigenvalue weighted by Gasteiger charge is 2.15. The fourth-order valence-corrected chi connectivity index (χ4v) is 2.32. The lowest BCUT2D eigenvalue weighted by Gasteiger charge is -2.11. The second-order valence-electron chi connectivity index (χ2n) is 4.22. The van der Waals surface area contributed by atoms with E-state index in [1.165, 1.54) is 14.2 Å². The lowest BCUT2D eigenvalue weighted by atomic mass is 10.1. The van der Waals surface area contributed by atoms with Crippen LogP contribution in [0.4, 0.5) is 0 Å². The molecule has 1 aromatic carbocycles. The summed E-state index contributed by atoms with van der Waals surface area (Å²) < 4.78 is 11.0. The molecule has 2 rings (SSSR count). The molecule has 8 nitrogen and oxygen atoms in total. The van der Waals surface area contributed by atoms with Crippen molar-refractivity contribution in [2.24, 2.45) is 5.73 Å². The van der Waals surface area contributed by atoms with Crippen LogP contribution in [0, 0.1) is 0 Å². The van der Waals surface area contributed by atoms with Crippen LogP contribution in [0.15, 0.2) is 16.6 Å². The number of nitrogens with one attached hydrogen (secondary N) is 1. The third kappa shape index (κ3) is 3.25. The number of fused-ring (bicyclic) bond motifs is 1. The number of carbonyl (C=O) groups excluding carboxylic acids is 2. The first-order chi connectivity index (χ1) is 10.5. The number of nitrogens with zero attached hydrogens (tertiary/aromatic N) is 2. The van der Waals surface area contributed by atoms with Gasteiger partial charge in [-0.3, -0.25) is 9.59 Å². The van der Waals surface area contributed by atoms with Gasteiger partial charge >= 0.3 is 11.8 Å². The van der Waals surface area contributed by atoms with Crippen LogP contribution in [-0.2, 0) is 16.1 Å². The third-order valence-corrected chi connectivity index (χ3v) is 3.26. The average molecular weight is 369 g/mol. The topological polar surface area (TPSA) is 116 Å². The van der Waals surface area contributed by atoms with Crippen LogP contribution in [-0.4, -0.2) is 36.0 Å². The first-order valence-electron chi connectivity index (χ1n) is 6.12. The molecule has 0 aliphatic carbocycles. The van der Waals surface area contributed by atoms with E-state index in [2.05, 4.69) is 31.2 Å². The first kappa shape index (κ1) is 16.0. The van der Waals surface area contributed by atoms with Gasteiger partial charge in [0.25, 0.3) is 11.8 Å². The molecule has 2 aromatic rings. The predicted octanol–water partition coefficient (Wildman–Crippen LogP) is 0.511. The molecule has 0 aliphatic heterocycles. The fraction of sp³-hybridized carbons (Fsp3) is 0.231. The van der Waals surface area contributed by atoms with E-state index in [0.717, 1.165) is 4.47 Å². The van der Waals surface area contributed by atoms with E-state index >= 15 is 0 Å². The smallest absolute Gasteiger partial charge is 0.309 e. The molecular formula is C13H13BrN4O4. The molecule has 0 saturated heterocycles. The number of ether oxygens (including phenoxy) is 2. The Morgan fingerprint density at radius 2 is 1.86 bits per heavy atom. The predicted molar refractivity (Wildman–Crippen MR) is 81.4 cm³/mol. The van der Waals surface area contributed by atoms with Crippen molar-refractivity contribution in [1.82, 2.24) is 15.3 Å². The van der Waals surface area contributed by atoms with Crippen LogP contribution in [0.1, 0.15) is 5.56 Å².